The van der Waals surface area contributed by atoms with Gasteiger partial charge in [-0.25, -0.2) is 0 Å². The molecule has 0 aliphatic carbocycles. The zero-order valence-electron chi connectivity index (χ0n) is 16.2. The third-order valence-electron chi connectivity index (χ3n) is 0. The van der Waals surface area contributed by atoms with Gasteiger partial charge in [0.15, 0.2) is 34.7 Å². The SMILES string of the molecule is O.O.O.O.O.O.O.O.O.O.O.O.O.O.O.O.O.O.O.O.O.O.O.O.O=S(=O)(O)O.O=S(=O)(O)O.[AlH3].[AlH3].[KH].[NaH]. The van der Waals surface area contributed by atoms with Gasteiger partial charge in [-0.2, -0.15) is 16.8 Å². The Morgan fingerprint density at radius 1 is 0.263 bits per heavy atom. The van der Waals surface area contributed by atoms with E-state index in [1.165, 1.54) is 0 Å². The quantitative estimate of drug-likeness (QED) is 0.136. The van der Waals surface area contributed by atoms with Crippen LogP contribution in [-0.2, 0) is 20.8 Å². The molecule has 0 saturated carbocycles. The summed E-state index contributed by atoms with van der Waals surface area (Å²) in [7, 11) is -9.33. The Labute approximate surface area is 299 Å². The van der Waals surface area contributed by atoms with E-state index in [0.29, 0.717) is 0 Å². The Balaban J connectivity index is -0.000000000693. The zero-order valence-corrected chi connectivity index (χ0v) is 17.9. The van der Waals surface area contributed by atoms with E-state index in [1.54, 1.807) is 0 Å². The summed E-state index contributed by atoms with van der Waals surface area (Å²) in [6.45, 7) is 0. The average molecular weight is 753 g/mol. The summed E-state index contributed by atoms with van der Waals surface area (Å²) in [6, 6.07) is 0. The normalized spacial score (nSPS) is 3.05. The van der Waals surface area contributed by atoms with Crippen molar-refractivity contribution in [1.29, 1.82) is 0 Å². The van der Waals surface area contributed by atoms with Crippen molar-refractivity contribution in [2.75, 3.05) is 0 Å². The molecule has 0 unspecified atom stereocenters. The first-order valence-electron chi connectivity index (χ1n) is 1.40. The summed E-state index contributed by atoms with van der Waals surface area (Å²) in [5.41, 5.74) is 0. The molecule has 0 bridgehead atoms. The fourth-order valence-corrected chi connectivity index (χ4v) is 0. The van der Waals surface area contributed by atoms with E-state index in [-0.39, 0.29) is 247 Å². The van der Waals surface area contributed by atoms with Crippen molar-refractivity contribution in [2.24, 2.45) is 0 Å². The molecule has 0 radical (unpaired) electrons. The van der Waals surface area contributed by atoms with Gasteiger partial charge in [0.25, 0.3) is 0 Å². The van der Waals surface area contributed by atoms with E-state index in [2.05, 4.69) is 0 Å². The Morgan fingerprint density at radius 2 is 0.263 bits per heavy atom. The Bertz CT molecular complexity index is 232. The standard InChI is InChI=1S/2Al.K.Na.2H2O4S.24H2O.8H/c;;;;2*1-5(2,3)4;;;;;;;;;;;;;;;;;;;;;;;;;;;;;;;;/h;;;;2*(H2,1,2,3,4);24*1H2;;;;;;;;. The van der Waals surface area contributed by atoms with Crippen LogP contribution in [-0.4, -0.2) is 282 Å². The van der Waals surface area contributed by atoms with E-state index < -0.39 is 20.8 Å². The van der Waals surface area contributed by atoms with Gasteiger partial charge in [0, 0.05) is 0 Å². The average Bonchev–Trinajstić information content (AvgIpc) is 1.12. The van der Waals surface area contributed by atoms with Gasteiger partial charge in [-0.3, -0.25) is 18.2 Å². The van der Waals surface area contributed by atoms with Crippen LogP contribution >= 0.6 is 0 Å². The first-order valence-corrected chi connectivity index (χ1v) is 4.19. The molecule has 0 saturated heterocycles. The molecule has 0 atom stereocenters. The van der Waals surface area contributed by atoms with E-state index in [1.807, 2.05) is 0 Å². The van der Waals surface area contributed by atoms with Gasteiger partial charge in [-0.1, -0.05) is 0 Å². The van der Waals surface area contributed by atoms with Gasteiger partial charge in [0.05, 0.1) is 0 Å². The van der Waals surface area contributed by atoms with Crippen molar-refractivity contribution in [3.05, 3.63) is 0 Å². The van der Waals surface area contributed by atoms with Gasteiger partial charge in [0.2, 0.25) is 0 Å². The van der Waals surface area contributed by atoms with Crippen LogP contribution in [0.1, 0.15) is 0 Å². The number of rotatable bonds is 0. The monoisotopic (exact) mass is 752 g/mol. The molecule has 32 nitrogen and oxygen atoms in total. The summed E-state index contributed by atoms with van der Waals surface area (Å²) >= 11 is 0. The molecule has 0 rings (SSSR count). The molecule has 0 aliphatic rings. The number of hydrogen-bond acceptors (Lipinski definition) is 4. The van der Waals surface area contributed by atoms with E-state index in [9.17, 15) is 0 Å². The van der Waals surface area contributed by atoms with Crippen LogP contribution in [0.2, 0.25) is 0 Å². The molecule has 0 fully saturated rings. The van der Waals surface area contributed by atoms with Crippen molar-refractivity contribution < 1.29 is 166 Å². The van der Waals surface area contributed by atoms with Crippen LogP contribution in [0.15, 0.2) is 0 Å². The minimum atomic E-state index is -4.67. The predicted octanol–water partition coefficient (Wildman–Crippen LogP) is -24.8. The Morgan fingerprint density at radius 3 is 0.263 bits per heavy atom. The minimum absolute atomic E-state index is 0. The zero-order chi connectivity index (χ0) is 9.00. The molecule has 0 spiro atoms. The Kier molecular flexibility index (Phi) is 4210. The van der Waals surface area contributed by atoms with Gasteiger partial charge in [-0.15, -0.1) is 0 Å². The van der Waals surface area contributed by atoms with Crippen LogP contribution < -0.4 is 0 Å². The fourth-order valence-electron chi connectivity index (χ4n) is 0. The van der Waals surface area contributed by atoms with E-state index in [0.717, 1.165) is 0 Å². The molecular weight excluding hydrogens is 692 g/mol. The van der Waals surface area contributed by atoms with Crippen LogP contribution in [0.3, 0.4) is 0 Å². The van der Waals surface area contributed by atoms with Crippen LogP contribution in [0.25, 0.3) is 0 Å². The second kappa shape index (κ2) is 279. The topological polar surface area (TPSA) is 905 Å². The second-order valence-corrected chi connectivity index (χ2v) is 2.69. The molecular formula is H60Al2KNaO32S2. The molecule has 0 aromatic carbocycles. The summed E-state index contributed by atoms with van der Waals surface area (Å²) in [5.74, 6) is 0. The van der Waals surface area contributed by atoms with Crippen molar-refractivity contribution in [3.8, 4) is 0 Å². The predicted molar refractivity (Wildman–Crippen MR) is 149 cm³/mol. The van der Waals surface area contributed by atoms with Crippen molar-refractivity contribution in [2.45, 2.75) is 0 Å². The molecule has 0 heterocycles. The third-order valence-corrected chi connectivity index (χ3v) is 0. The molecule has 272 valence electrons. The maximum atomic E-state index is 8.74. The first kappa shape index (κ1) is 574. The molecule has 38 heteroatoms. The van der Waals surface area contributed by atoms with Gasteiger partial charge in [0.1, 0.15) is 0 Å². The molecule has 0 aromatic rings. The number of hydrogen-bond donors (Lipinski definition) is 4. The van der Waals surface area contributed by atoms with Crippen molar-refractivity contribution in [3.63, 3.8) is 0 Å². The van der Waals surface area contributed by atoms with Crippen LogP contribution in [0.5, 0.6) is 0 Å². The van der Waals surface area contributed by atoms with Gasteiger partial charge < -0.3 is 131 Å². The van der Waals surface area contributed by atoms with Gasteiger partial charge >= 0.3 is 102 Å². The molecule has 0 aromatic heterocycles. The van der Waals surface area contributed by atoms with Gasteiger partial charge in [-0.05, 0) is 0 Å². The summed E-state index contributed by atoms with van der Waals surface area (Å²) < 4.78 is 63.2. The first-order chi connectivity index (χ1) is 4.00. The van der Waals surface area contributed by atoms with Crippen LogP contribution in [0.4, 0.5) is 0 Å². The van der Waals surface area contributed by atoms with Crippen molar-refractivity contribution in [1.82, 2.24) is 0 Å². The summed E-state index contributed by atoms with van der Waals surface area (Å²) in [4.78, 5) is 0. The van der Waals surface area contributed by atoms with Crippen molar-refractivity contribution >= 4 is 136 Å². The molecule has 38 heavy (non-hydrogen) atoms. The summed E-state index contributed by atoms with van der Waals surface area (Å²) in [5, 5.41) is 0. The summed E-state index contributed by atoms with van der Waals surface area (Å²) in [6.07, 6.45) is 0. The van der Waals surface area contributed by atoms with E-state index in [4.69, 9.17) is 35.0 Å². The Hall–Kier alpha value is 2.48. The third kappa shape index (κ3) is 8780. The van der Waals surface area contributed by atoms with E-state index >= 15 is 0 Å². The fraction of sp³-hybridized carbons (Fsp3) is 0. The van der Waals surface area contributed by atoms with Crippen LogP contribution in [0, 0.1) is 0 Å². The maximum absolute atomic E-state index is 8.74. The second-order valence-electron chi connectivity index (χ2n) is 0.896. The molecule has 0 aliphatic heterocycles. The molecule has 52 N–H and O–H groups in total. The molecule has 0 amide bonds.